The highest BCUT2D eigenvalue weighted by Crippen LogP contribution is 2.60. The zero-order valence-electron chi connectivity index (χ0n) is 8.01. The fraction of sp³-hybridized carbons (Fsp3) is 0.364. The summed E-state index contributed by atoms with van der Waals surface area (Å²) in [5.41, 5.74) is 5.69. The minimum atomic E-state index is -1.12. The summed E-state index contributed by atoms with van der Waals surface area (Å²) in [6, 6.07) is 7.50. The summed E-state index contributed by atoms with van der Waals surface area (Å²) in [5.74, 6) is -0.324. The Hall–Kier alpha value is -1.55. The van der Waals surface area contributed by atoms with Crippen molar-refractivity contribution in [1.82, 2.24) is 0 Å². The quantitative estimate of drug-likeness (QED) is 0.703. The molecule has 1 aromatic rings. The lowest BCUT2D eigenvalue weighted by Gasteiger charge is -2.14. The average Bonchev–Trinajstić information content (AvgIpc) is 2.87. The Balaban J connectivity index is 2.07. The molecular formula is C11H11NO3. The van der Waals surface area contributed by atoms with E-state index in [9.17, 15) is 4.79 Å². The van der Waals surface area contributed by atoms with E-state index in [4.69, 9.17) is 15.6 Å². The number of carbonyl (C=O) groups is 1. The third-order valence-electron chi connectivity index (χ3n) is 3.46. The number of hydrogen-bond acceptors (Lipinski definition) is 3. The van der Waals surface area contributed by atoms with Gasteiger partial charge in [-0.25, -0.2) is 0 Å². The lowest BCUT2D eigenvalue weighted by molar-refractivity contribution is -0.140. The first-order valence-electron chi connectivity index (χ1n) is 4.89. The van der Waals surface area contributed by atoms with Crippen molar-refractivity contribution in [2.45, 2.75) is 11.5 Å². The van der Waals surface area contributed by atoms with Crippen LogP contribution in [0.15, 0.2) is 24.3 Å². The van der Waals surface area contributed by atoms with E-state index in [0.717, 1.165) is 11.3 Å². The van der Waals surface area contributed by atoms with Crippen LogP contribution >= 0.6 is 0 Å². The van der Waals surface area contributed by atoms with E-state index >= 15 is 0 Å². The van der Waals surface area contributed by atoms with Crippen LogP contribution in [-0.4, -0.2) is 23.2 Å². The van der Waals surface area contributed by atoms with Gasteiger partial charge in [-0.05, 0) is 6.07 Å². The molecule has 1 saturated carbocycles. The maximum Gasteiger partial charge on any atom is 0.324 e. The Morgan fingerprint density at radius 2 is 2.27 bits per heavy atom. The highest BCUT2D eigenvalue weighted by molar-refractivity contribution is 5.86. The number of rotatable bonds is 1. The largest absolute Gasteiger partial charge is 0.493 e. The van der Waals surface area contributed by atoms with E-state index in [2.05, 4.69) is 0 Å². The normalized spacial score (nSPS) is 36.1. The highest BCUT2D eigenvalue weighted by atomic mass is 16.5. The zero-order valence-corrected chi connectivity index (χ0v) is 8.01. The van der Waals surface area contributed by atoms with Gasteiger partial charge in [-0.2, -0.15) is 0 Å². The van der Waals surface area contributed by atoms with E-state index in [1.165, 1.54) is 0 Å². The van der Waals surface area contributed by atoms with Crippen molar-refractivity contribution in [3.05, 3.63) is 29.8 Å². The molecule has 0 spiro atoms. The maximum absolute atomic E-state index is 11.1. The number of nitrogens with two attached hydrogens (primary N) is 1. The number of fused-ring (bicyclic) bond motifs is 3. The molecule has 1 fully saturated rings. The van der Waals surface area contributed by atoms with Crippen molar-refractivity contribution < 1.29 is 14.6 Å². The lowest BCUT2D eigenvalue weighted by Crippen LogP contribution is -2.37. The predicted octanol–water partition coefficient (Wildman–Crippen LogP) is 0.574. The van der Waals surface area contributed by atoms with Crippen molar-refractivity contribution in [1.29, 1.82) is 0 Å². The highest BCUT2D eigenvalue weighted by Gasteiger charge is 2.70. The number of benzene rings is 1. The number of carboxylic acids is 1. The van der Waals surface area contributed by atoms with Crippen LogP contribution in [-0.2, 0) is 4.79 Å². The first-order valence-corrected chi connectivity index (χ1v) is 4.89. The molecule has 4 heteroatoms. The van der Waals surface area contributed by atoms with E-state index < -0.39 is 11.5 Å². The van der Waals surface area contributed by atoms with Crippen LogP contribution in [0.3, 0.4) is 0 Å². The summed E-state index contributed by atoms with van der Waals surface area (Å²) in [4.78, 5) is 11.1. The van der Waals surface area contributed by atoms with E-state index in [1.807, 2.05) is 24.3 Å². The topological polar surface area (TPSA) is 72.6 Å². The second kappa shape index (κ2) is 2.52. The second-order valence-electron chi connectivity index (χ2n) is 4.17. The fourth-order valence-corrected chi connectivity index (χ4v) is 2.53. The molecule has 1 aromatic carbocycles. The number of ether oxygens (including phenoxy) is 1. The zero-order chi connectivity index (χ0) is 10.6. The van der Waals surface area contributed by atoms with Crippen LogP contribution in [0.4, 0.5) is 0 Å². The molecule has 4 nitrogen and oxygen atoms in total. The SMILES string of the molecule is NC1(C(=O)O)C2COc3ccccc3C21. The van der Waals surface area contributed by atoms with Gasteiger partial charge in [-0.3, -0.25) is 4.79 Å². The number of aliphatic carboxylic acids is 1. The van der Waals surface area contributed by atoms with Crippen LogP contribution < -0.4 is 10.5 Å². The molecule has 2 aliphatic rings. The molecule has 0 aromatic heterocycles. The Morgan fingerprint density at radius 3 is 3.00 bits per heavy atom. The van der Waals surface area contributed by atoms with Crippen LogP contribution in [0.1, 0.15) is 11.5 Å². The first-order chi connectivity index (χ1) is 7.15. The van der Waals surface area contributed by atoms with Gasteiger partial charge in [0, 0.05) is 17.4 Å². The van der Waals surface area contributed by atoms with Gasteiger partial charge < -0.3 is 15.6 Å². The van der Waals surface area contributed by atoms with Gasteiger partial charge in [-0.15, -0.1) is 0 Å². The molecular weight excluding hydrogens is 194 g/mol. The number of hydrogen-bond donors (Lipinski definition) is 2. The van der Waals surface area contributed by atoms with Gasteiger partial charge in [-0.1, -0.05) is 18.2 Å². The van der Waals surface area contributed by atoms with Gasteiger partial charge in [0.1, 0.15) is 11.3 Å². The molecule has 78 valence electrons. The molecule has 1 aliphatic heterocycles. The first kappa shape index (κ1) is 8.73. The minimum Gasteiger partial charge on any atom is -0.493 e. The molecule has 15 heavy (non-hydrogen) atoms. The van der Waals surface area contributed by atoms with Crippen molar-refractivity contribution in [2.75, 3.05) is 6.61 Å². The smallest absolute Gasteiger partial charge is 0.324 e. The van der Waals surface area contributed by atoms with Crippen molar-refractivity contribution in [3.8, 4) is 5.75 Å². The monoisotopic (exact) mass is 205 g/mol. The lowest BCUT2D eigenvalue weighted by atomic mass is 10.0. The summed E-state index contributed by atoms with van der Waals surface area (Å²) < 4.78 is 5.48. The van der Waals surface area contributed by atoms with Crippen molar-refractivity contribution in [3.63, 3.8) is 0 Å². The molecule has 0 amide bonds. The Bertz CT molecular complexity index is 445. The summed E-state index contributed by atoms with van der Waals surface area (Å²) in [6.45, 7) is 0.407. The molecule has 1 heterocycles. The average molecular weight is 205 g/mol. The third-order valence-corrected chi connectivity index (χ3v) is 3.46. The van der Waals surface area contributed by atoms with Crippen LogP contribution in [0.2, 0.25) is 0 Å². The molecule has 3 rings (SSSR count). The molecule has 0 saturated heterocycles. The van der Waals surface area contributed by atoms with Gasteiger partial charge >= 0.3 is 5.97 Å². The summed E-state index contributed by atoms with van der Waals surface area (Å²) in [5, 5.41) is 9.09. The maximum atomic E-state index is 11.1. The molecule has 0 bridgehead atoms. The molecule has 0 radical (unpaired) electrons. The summed E-state index contributed by atoms with van der Waals surface area (Å²) >= 11 is 0. The standard InChI is InChI=1S/C11H11NO3/c12-11(10(13)14)7-5-15-8-4-2-1-3-6(8)9(7)11/h1-4,7,9H,5,12H2,(H,13,14). The van der Waals surface area contributed by atoms with Crippen molar-refractivity contribution in [2.24, 2.45) is 11.7 Å². The Labute approximate surface area is 86.7 Å². The fourth-order valence-electron chi connectivity index (χ4n) is 2.53. The van der Waals surface area contributed by atoms with Gasteiger partial charge in [0.25, 0.3) is 0 Å². The molecule has 3 atom stereocenters. The van der Waals surface area contributed by atoms with Gasteiger partial charge in [0.05, 0.1) is 6.61 Å². The predicted molar refractivity (Wildman–Crippen MR) is 52.7 cm³/mol. The van der Waals surface area contributed by atoms with E-state index in [0.29, 0.717) is 6.61 Å². The second-order valence-corrected chi connectivity index (χ2v) is 4.17. The number of carboxylic acid groups (broad SMARTS) is 1. The summed E-state index contributed by atoms with van der Waals surface area (Å²) in [7, 11) is 0. The minimum absolute atomic E-state index is 0.0788. The van der Waals surface area contributed by atoms with Gasteiger partial charge in [0.2, 0.25) is 0 Å². The Kier molecular flexibility index (Phi) is 1.47. The van der Waals surface area contributed by atoms with E-state index in [1.54, 1.807) is 0 Å². The molecule has 3 N–H and O–H groups in total. The number of para-hydroxylation sites is 1. The van der Waals surface area contributed by atoms with Crippen LogP contribution in [0.25, 0.3) is 0 Å². The van der Waals surface area contributed by atoms with Crippen LogP contribution in [0, 0.1) is 5.92 Å². The molecule has 3 unspecified atom stereocenters. The van der Waals surface area contributed by atoms with E-state index in [-0.39, 0.29) is 11.8 Å². The summed E-state index contributed by atoms with van der Waals surface area (Å²) in [6.07, 6.45) is 0. The molecule has 1 aliphatic carbocycles. The van der Waals surface area contributed by atoms with Crippen LogP contribution in [0.5, 0.6) is 5.75 Å². The van der Waals surface area contributed by atoms with Crippen molar-refractivity contribution >= 4 is 5.97 Å². The Morgan fingerprint density at radius 1 is 1.53 bits per heavy atom. The third kappa shape index (κ3) is 0.920. The van der Waals surface area contributed by atoms with Gasteiger partial charge in [0.15, 0.2) is 0 Å².